The number of nitrogens with two attached hydrogens (primary N) is 1. The van der Waals surface area contributed by atoms with Crippen LogP contribution in [0.4, 0.5) is 10.1 Å². The van der Waals surface area contributed by atoms with Crippen molar-refractivity contribution < 1.29 is 9.13 Å². The highest BCUT2D eigenvalue weighted by Gasteiger charge is 2.10. The van der Waals surface area contributed by atoms with Gasteiger partial charge in [-0.25, -0.2) is 4.39 Å². The molecule has 0 aliphatic heterocycles. The van der Waals surface area contributed by atoms with Crippen molar-refractivity contribution in [2.75, 3.05) is 12.3 Å². The van der Waals surface area contributed by atoms with Gasteiger partial charge in [-0.3, -0.25) is 0 Å². The van der Waals surface area contributed by atoms with Gasteiger partial charge in [-0.05, 0) is 30.7 Å². The molecule has 0 unspecified atom stereocenters. The second kappa shape index (κ2) is 4.87. The van der Waals surface area contributed by atoms with Gasteiger partial charge in [0.05, 0.1) is 6.61 Å². The smallest absolute Gasteiger partial charge is 0.172 e. The number of nitrogen functional groups attached to an aromatic ring is 1. The van der Waals surface area contributed by atoms with E-state index in [0.29, 0.717) is 17.9 Å². The topological polar surface area (TPSA) is 35.2 Å². The van der Waals surface area contributed by atoms with Gasteiger partial charge in [0.25, 0.3) is 0 Å². The molecule has 0 aliphatic carbocycles. The monoisotopic (exact) mass is 231 g/mol. The van der Waals surface area contributed by atoms with E-state index < -0.39 is 0 Å². The molecule has 2 aromatic rings. The van der Waals surface area contributed by atoms with Gasteiger partial charge in [0.15, 0.2) is 11.6 Å². The fourth-order valence-electron chi connectivity index (χ4n) is 1.71. The van der Waals surface area contributed by atoms with Crippen LogP contribution in [0.25, 0.3) is 11.1 Å². The first kappa shape index (κ1) is 11.5. The zero-order chi connectivity index (χ0) is 12.3. The van der Waals surface area contributed by atoms with E-state index in [-0.39, 0.29) is 11.6 Å². The Morgan fingerprint density at radius 3 is 2.65 bits per heavy atom. The maximum absolute atomic E-state index is 14.1. The molecule has 0 heterocycles. The van der Waals surface area contributed by atoms with Crippen LogP contribution in [-0.4, -0.2) is 6.61 Å². The molecule has 0 saturated heterocycles. The van der Waals surface area contributed by atoms with E-state index in [1.54, 1.807) is 36.4 Å². The molecule has 0 spiro atoms. The summed E-state index contributed by atoms with van der Waals surface area (Å²) in [5, 5.41) is 0. The van der Waals surface area contributed by atoms with Gasteiger partial charge in [0, 0.05) is 11.3 Å². The minimum Gasteiger partial charge on any atom is -0.491 e. The Labute approximate surface area is 99.8 Å². The molecule has 2 N–H and O–H groups in total. The molecule has 2 nitrogen and oxygen atoms in total. The van der Waals surface area contributed by atoms with Gasteiger partial charge in [-0.15, -0.1) is 0 Å². The van der Waals surface area contributed by atoms with Crippen LogP contribution >= 0.6 is 0 Å². The molecular formula is C14H14FNO. The van der Waals surface area contributed by atoms with Gasteiger partial charge in [-0.1, -0.05) is 24.3 Å². The van der Waals surface area contributed by atoms with Gasteiger partial charge in [0.2, 0.25) is 0 Å². The van der Waals surface area contributed by atoms with Crippen molar-refractivity contribution in [3.63, 3.8) is 0 Å². The Balaban J connectivity index is 2.49. The minimum atomic E-state index is -0.347. The number of hydrogen-bond acceptors (Lipinski definition) is 2. The number of halogens is 1. The number of anilines is 1. The maximum Gasteiger partial charge on any atom is 0.172 e. The van der Waals surface area contributed by atoms with Crippen LogP contribution in [0.5, 0.6) is 5.75 Å². The predicted octanol–water partition coefficient (Wildman–Crippen LogP) is 3.47. The molecule has 2 aromatic carbocycles. The van der Waals surface area contributed by atoms with Crippen LogP contribution in [0, 0.1) is 5.82 Å². The summed E-state index contributed by atoms with van der Waals surface area (Å²) in [7, 11) is 0. The van der Waals surface area contributed by atoms with Crippen molar-refractivity contribution in [3.05, 3.63) is 48.3 Å². The second-order valence-corrected chi connectivity index (χ2v) is 3.68. The van der Waals surface area contributed by atoms with E-state index >= 15 is 0 Å². The molecule has 0 bridgehead atoms. The molecule has 0 amide bonds. The summed E-state index contributed by atoms with van der Waals surface area (Å²) in [4.78, 5) is 0. The summed E-state index contributed by atoms with van der Waals surface area (Å²) in [6, 6.07) is 12.2. The highest BCUT2D eigenvalue weighted by Crippen LogP contribution is 2.29. The van der Waals surface area contributed by atoms with Crippen LogP contribution in [0.3, 0.4) is 0 Å². The van der Waals surface area contributed by atoms with E-state index in [0.717, 1.165) is 5.56 Å². The molecule has 17 heavy (non-hydrogen) atoms. The summed E-state index contributed by atoms with van der Waals surface area (Å²) < 4.78 is 19.3. The summed E-state index contributed by atoms with van der Waals surface area (Å²) in [6.07, 6.45) is 0. The number of rotatable bonds is 3. The minimum absolute atomic E-state index is 0.271. The lowest BCUT2D eigenvalue weighted by Gasteiger charge is -2.09. The molecule has 88 valence electrons. The second-order valence-electron chi connectivity index (χ2n) is 3.68. The number of benzene rings is 2. The molecule has 0 aliphatic rings. The molecule has 2 rings (SSSR count). The van der Waals surface area contributed by atoms with Crippen molar-refractivity contribution in [2.45, 2.75) is 6.92 Å². The SMILES string of the molecule is CCOc1cccc(-c2cccc(N)c2)c1F. The van der Waals surface area contributed by atoms with Gasteiger partial charge >= 0.3 is 0 Å². The summed E-state index contributed by atoms with van der Waals surface area (Å²) in [5.41, 5.74) is 7.56. The molecule has 0 atom stereocenters. The summed E-state index contributed by atoms with van der Waals surface area (Å²) in [5.74, 6) is -0.0765. The van der Waals surface area contributed by atoms with Crippen LogP contribution in [0.2, 0.25) is 0 Å². The lowest BCUT2D eigenvalue weighted by Crippen LogP contribution is -1.96. The predicted molar refractivity (Wildman–Crippen MR) is 67.4 cm³/mol. The third kappa shape index (κ3) is 2.38. The molecular weight excluding hydrogens is 217 g/mol. The van der Waals surface area contributed by atoms with E-state index in [2.05, 4.69) is 0 Å². The molecule has 0 aromatic heterocycles. The molecule has 0 saturated carbocycles. The fraction of sp³-hybridized carbons (Fsp3) is 0.143. The van der Waals surface area contributed by atoms with E-state index in [1.807, 2.05) is 13.0 Å². The normalized spacial score (nSPS) is 10.2. The van der Waals surface area contributed by atoms with Crippen LogP contribution in [-0.2, 0) is 0 Å². The first-order chi connectivity index (χ1) is 8.22. The van der Waals surface area contributed by atoms with E-state index in [4.69, 9.17) is 10.5 Å². The Bertz CT molecular complexity index is 525. The lowest BCUT2D eigenvalue weighted by molar-refractivity contribution is 0.322. The molecule has 0 radical (unpaired) electrons. The third-order valence-corrected chi connectivity index (χ3v) is 2.46. The quantitative estimate of drug-likeness (QED) is 0.821. The van der Waals surface area contributed by atoms with Gasteiger partial charge < -0.3 is 10.5 Å². The van der Waals surface area contributed by atoms with Gasteiger partial charge in [0.1, 0.15) is 0 Å². The Hall–Kier alpha value is -2.03. The van der Waals surface area contributed by atoms with Crippen molar-refractivity contribution in [3.8, 4) is 16.9 Å². The first-order valence-corrected chi connectivity index (χ1v) is 5.49. The van der Waals surface area contributed by atoms with Crippen LogP contribution < -0.4 is 10.5 Å². The van der Waals surface area contributed by atoms with Crippen molar-refractivity contribution in [2.24, 2.45) is 0 Å². The Kier molecular flexibility index (Phi) is 3.28. The largest absolute Gasteiger partial charge is 0.491 e. The molecule has 0 fully saturated rings. The summed E-state index contributed by atoms with van der Waals surface area (Å²) in [6.45, 7) is 2.27. The van der Waals surface area contributed by atoms with Crippen molar-refractivity contribution in [1.29, 1.82) is 0 Å². The highest BCUT2D eigenvalue weighted by atomic mass is 19.1. The third-order valence-electron chi connectivity index (χ3n) is 2.46. The van der Waals surface area contributed by atoms with Crippen LogP contribution in [0.15, 0.2) is 42.5 Å². The zero-order valence-corrected chi connectivity index (χ0v) is 9.61. The van der Waals surface area contributed by atoms with Crippen molar-refractivity contribution in [1.82, 2.24) is 0 Å². The van der Waals surface area contributed by atoms with E-state index in [9.17, 15) is 4.39 Å². The number of hydrogen-bond donors (Lipinski definition) is 1. The Morgan fingerprint density at radius 2 is 1.94 bits per heavy atom. The summed E-state index contributed by atoms with van der Waals surface area (Å²) >= 11 is 0. The Morgan fingerprint density at radius 1 is 1.18 bits per heavy atom. The standard InChI is InChI=1S/C14H14FNO/c1-2-17-13-8-4-7-12(14(13)15)10-5-3-6-11(16)9-10/h3-9H,2,16H2,1H3. The van der Waals surface area contributed by atoms with Gasteiger partial charge in [-0.2, -0.15) is 0 Å². The average Bonchev–Trinajstić information content (AvgIpc) is 2.32. The number of ether oxygens (including phenoxy) is 1. The van der Waals surface area contributed by atoms with Crippen molar-refractivity contribution >= 4 is 5.69 Å². The lowest BCUT2D eigenvalue weighted by atomic mass is 10.0. The molecule has 3 heteroatoms. The zero-order valence-electron chi connectivity index (χ0n) is 9.61. The fourth-order valence-corrected chi connectivity index (χ4v) is 1.71. The average molecular weight is 231 g/mol. The first-order valence-electron chi connectivity index (χ1n) is 5.49. The van der Waals surface area contributed by atoms with E-state index in [1.165, 1.54) is 0 Å². The highest BCUT2D eigenvalue weighted by molar-refractivity contribution is 5.69. The van der Waals surface area contributed by atoms with Crippen LogP contribution in [0.1, 0.15) is 6.92 Å². The maximum atomic E-state index is 14.1.